The zero-order valence-corrected chi connectivity index (χ0v) is 19.9. The van der Waals surface area contributed by atoms with E-state index in [9.17, 15) is 14.7 Å². The molecule has 3 N–H and O–H groups in total. The summed E-state index contributed by atoms with van der Waals surface area (Å²) in [5.74, 6) is 1.83. The third-order valence-corrected chi connectivity index (χ3v) is 6.21. The number of nitrogen functional groups attached to an aromatic ring is 1. The first-order valence-electron chi connectivity index (χ1n) is 7.84. The number of oxime groups is 1. The van der Waals surface area contributed by atoms with Crippen LogP contribution in [0.1, 0.15) is 12.1 Å². The van der Waals surface area contributed by atoms with Gasteiger partial charge in [0.05, 0.1) is 0 Å². The van der Waals surface area contributed by atoms with Crippen LogP contribution in [0, 0.1) is 12.3 Å². The molecule has 3 heterocycles. The van der Waals surface area contributed by atoms with Gasteiger partial charge in [-0.3, -0.25) is 14.5 Å². The topological polar surface area (TPSA) is 133 Å². The molecule has 1 saturated heterocycles. The number of thioether (sulfide) groups is 1. The third-order valence-electron chi connectivity index (χ3n) is 4.00. The van der Waals surface area contributed by atoms with Crippen molar-refractivity contribution in [2.45, 2.75) is 17.8 Å². The van der Waals surface area contributed by atoms with Gasteiger partial charge in [-0.25, -0.2) is 4.98 Å². The van der Waals surface area contributed by atoms with E-state index < -0.39 is 28.3 Å². The van der Waals surface area contributed by atoms with Gasteiger partial charge in [0.1, 0.15) is 24.2 Å². The summed E-state index contributed by atoms with van der Waals surface area (Å²) in [5.41, 5.74) is 6.51. The minimum atomic E-state index is -0.840. The van der Waals surface area contributed by atoms with Crippen molar-refractivity contribution in [2.75, 3.05) is 18.6 Å². The average molecular weight is 460 g/mol. The number of fused-ring (bicyclic) bond motifs is 1. The van der Waals surface area contributed by atoms with Crippen LogP contribution in [0.4, 0.5) is 5.13 Å². The number of carbonyl (C=O) groups excluding carboxylic acids is 2. The molecule has 2 aliphatic rings. The molecule has 0 bridgehead atoms. The number of nitrogens with zero attached hydrogens (tertiary/aromatic N) is 3. The summed E-state index contributed by atoms with van der Waals surface area (Å²) >= 11 is 7.30. The molecule has 0 aliphatic carbocycles. The predicted octanol–water partition coefficient (Wildman–Crippen LogP) is -3.56. The van der Waals surface area contributed by atoms with E-state index in [-0.39, 0.29) is 58.2 Å². The van der Waals surface area contributed by atoms with Gasteiger partial charge >= 0.3 is 29.6 Å². The Balaban J connectivity index is 0.00000300. The quantitative estimate of drug-likeness (QED) is 0.112. The van der Waals surface area contributed by atoms with E-state index in [0.29, 0.717) is 11.3 Å². The number of thiocarbonyl (C=S) groups is 1. The van der Waals surface area contributed by atoms with Crippen LogP contribution >= 0.6 is 35.3 Å². The number of hydrogen-bond acceptors (Lipinski definition) is 10. The van der Waals surface area contributed by atoms with Gasteiger partial charge in [-0.2, -0.15) is 0 Å². The average Bonchev–Trinajstić information content (AvgIpc) is 3.09. The number of nitrogens with one attached hydrogen (secondary N) is 1. The van der Waals surface area contributed by atoms with Crippen LogP contribution in [0.25, 0.3) is 0 Å². The Bertz CT molecular complexity index is 955. The van der Waals surface area contributed by atoms with Crippen molar-refractivity contribution in [3.63, 3.8) is 0 Å². The number of thiazole rings is 1. The van der Waals surface area contributed by atoms with E-state index >= 15 is 0 Å². The first kappa shape index (κ1) is 23.7. The second-order valence-corrected chi connectivity index (χ2v) is 8.04. The molecule has 0 unspecified atom stereocenters. The summed E-state index contributed by atoms with van der Waals surface area (Å²) in [5, 5.41) is 18.9. The Hall–Kier alpha value is -1.62. The summed E-state index contributed by atoms with van der Waals surface area (Å²) < 4.78 is 0. The van der Waals surface area contributed by atoms with Crippen molar-refractivity contribution in [3.8, 4) is 12.3 Å². The molecular weight excluding hydrogens is 445 g/mol. The van der Waals surface area contributed by atoms with Crippen molar-refractivity contribution < 1.29 is 49.1 Å². The number of hydrogen-bond donors (Lipinski definition) is 2. The normalized spacial score (nSPS) is 20.8. The maximum atomic E-state index is 12.6. The Morgan fingerprint density at radius 2 is 2.38 bits per heavy atom. The molecule has 0 aromatic carbocycles. The Labute approximate surface area is 202 Å². The van der Waals surface area contributed by atoms with Crippen molar-refractivity contribution in [3.05, 3.63) is 22.3 Å². The second kappa shape index (κ2) is 9.92. The van der Waals surface area contributed by atoms with Crippen LogP contribution in [0.15, 0.2) is 21.8 Å². The van der Waals surface area contributed by atoms with Crippen LogP contribution in [-0.2, 0) is 14.4 Å². The maximum absolute atomic E-state index is 12.6. The van der Waals surface area contributed by atoms with Gasteiger partial charge in [0.15, 0.2) is 10.8 Å². The molecule has 9 nitrogen and oxygen atoms in total. The Morgan fingerprint density at radius 3 is 2.93 bits per heavy atom. The van der Waals surface area contributed by atoms with Gasteiger partial charge in [0.2, 0.25) is 0 Å². The van der Waals surface area contributed by atoms with Crippen LogP contribution < -0.4 is 45.7 Å². The summed E-state index contributed by atoms with van der Waals surface area (Å²) in [6.45, 7) is 0. The van der Waals surface area contributed by atoms with E-state index in [1.165, 1.54) is 23.8 Å². The fraction of sp³-hybridized carbons (Fsp3) is 0.312. The number of terminal acetylenes is 1. The molecule has 0 spiro atoms. The van der Waals surface area contributed by atoms with Crippen LogP contribution in [0.5, 0.6) is 0 Å². The van der Waals surface area contributed by atoms with E-state index in [0.717, 1.165) is 11.3 Å². The number of β-lactam (4-membered cyclic amide) rings is 1. The number of amides is 2. The standard InChI is InChI=1S/C16H15N5O4S3.Na/c1-3-4-7-5-27-14-10(13(23)21(14)11(7)15(24)26)19-12(22)9(20-25-2)8-6-28-16(17)18-8;/h1,6,10,14H,4-5H2,2H3,(H2,17,18)(H,19,22)(H,24,26);/q;+1/p-1/b20-9-;/t10-,14-;/m1./s1. The minimum absolute atomic E-state index is 0. The van der Waals surface area contributed by atoms with Gasteiger partial charge in [-0.15, -0.1) is 35.4 Å². The molecule has 2 atom stereocenters. The van der Waals surface area contributed by atoms with E-state index in [1.54, 1.807) is 5.38 Å². The Kier molecular flexibility index (Phi) is 8.10. The molecule has 3 rings (SSSR count). The monoisotopic (exact) mass is 459 g/mol. The second-order valence-electron chi connectivity index (χ2n) is 5.67. The molecular formula is C16H14N5NaO4S3. The molecule has 1 aromatic rings. The van der Waals surface area contributed by atoms with E-state index in [1.807, 2.05) is 0 Å². The number of carbonyl (C=O) groups is 2. The summed E-state index contributed by atoms with van der Waals surface area (Å²) in [6.07, 6.45) is 5.56. The maximum Gasteiger partial charge on any atom is 1.00 e. The van der Waals surface area contributed by atoms with Crippen molar-refractivity contribution in [1.82, 2.24) is 15.2 Å². The third kappa shape index (κ3) is 4.60. The number of rotatable bonds is 6. The van der Waals surface area contributed by atoms with Crippen molar-refractivity contribution in [2.24, 2.45) is 5.16 Å². The van der Waals surface area contributed by atoms with Crippen LogP contribution in [-0.4, -0.2) is 56.7 Å². The van der Waals surface area contributed by atoms with Gasteiger partial charge in [-0.05, 0) is 10.6 Å². The van der Waals surface area contributed by atoms with Gasteiger partial charge in [0, 0.05) is 23.3 Å². The van der Waals surface area contributed by atoms with Crippen molar-refractivity contribution >= 4 is 63.0 Å². The Morgan fingerprint density at radius 1 is 1.66 bits per heavy atom. The predicted molar refractivity (Wildman–Crippen MR) is 108 cm³/mol. The number of nitrogens with two attached hydrogens (primary N) is 1. The molecule has 13 heteroatoms. The van der Waals surface area contributed by atoms with Crippen molar-refractivity contribution in [1.29, 1.82) is 0 Å². The van der Waals surface area contributed by atoms with Gasteiger partial charge < -0.3 is 21.0 Å². The largest absolute Gasteiger partial charge is 1.00 e. The van der Waals surface area contributed by atoms with Crippen LogP contribution in [0.3, 0.4) is 0 Å². The van der Waals surface area contributed by atoms with E-state index in [4.69, 9.17) is 29.2 Å². The van der Waals surface area contributed by atoms with Crippen LogP contribution in [0.2, 0.25) is 0 Å². The first-order valence-corrected chi connectivity index (χ1v) is 10.2. The minimum Gasteiger partial charge on any atom is -0.863 e. The first-order chi connectivity index (χ1) is 13.4. The molecule has 1 fully saturated rings. The smallest absolute Gasteiger partial charge is 0.863 e. The summed E-state index contributed by atoms with van der Waals surface area (Å²) in [6, 6.07) is -0.840. The van der Waals surface area contributed by atoms with Gasteiger partial charge in [-0.1, -0.05) is 17.4 Å². The SMILES string of the molecule is C#CCC1=C(C([O-])=S)N2C(=O)[C@@H](NC(=O)/C(=N\OC)c3csc(N)n3)[C@H]2SC1.[Na+]. The molecule has 2 amide bonds. The molecule has 2 aliphatic heterocycles. The van der Waals surface area contributed by atoms with Gasteiger partial charge in [0.25, 0.3) is 11.8 Å². The zero-order valence-electron chi connectivity index (χ0n) is 15.5. The molecule has 0 radical (unpaired) electrons. The summed E-state index contributed by atoms with van der Waals surface area (Å²) in [7, 11) is 1.29. The zero-order chi connectivity index (χ0) is 20.4. The molecule has 1 aromatic heterocycles. The fourth-order valence-electron chi connectivity index (χ4n) is 2.83. The number of aromatic nitrogens is 1. The fourth-order valence-corrected chi connectivity index (χ4v) is 4.97. The molecule has 0 saturated carbocycles. The van der Waals surface area contributed by atoms with E-state index in [2.05, 4.69) is 21.4 Å². The molecule has 146 valence electrons. The number of anilines is 1. The molecule has 29 heavy (non-hydrogen) atoms. The summed E-state index contributed by atoms with van der Waals surface area (Å²) in [4.78, 5) is 35.3.